The minimum absolute atomic E-state index is 0.0175. The average molecular weight is 472 g/mol. The van der Waals surface area contributed by atoms with Crippen molar-refractivity contribution >= 4 is 30.6 Å². The van der Waals surface area contributed by atoms with Crippen LogP contribution < -0.4 is 10.0 Å². The Balaban J connectivity index is 2.18. The second-order valence-corrected chi connectivity index (χ2v) is 8.15. The average Bonchev–Trinajstić information content (AvgIpc) is 2.74. The SMILES string of the molecule is CO[PH](=O)c1cc(Oc2ccc(C(F)(F)F)cc2Cl)c(-c2ccccc2)cc1[N+](=O)[O-]. The van der Waals surface area contributed by atoms with E-state index in [0.717, 1.165) is 19.2 Å². The van der Waals surface area contributed by atoms with Crippen molar-refractivity contribution in [3.8, 4) is 22.6 Å². The number of halogens is 4. The predicted molar refractivity (Wildman–Crippen MR) is 111 cm³/mol. The molecule has 0 fully saturated rings. The van der Waals surface area contributed by atoms with Gasteiger partial charge in [-0.05, 0) is 23.8 Å². The summed E-state index contributed by atoms with van der Waals surface area (Å²) in [5.74, 6) is -0.0902. The van der Waals surface area contributed by atoms with E-state index in [1.54, 1.807) is 30.3 Å². The first-order chi connectivity index (χ1) is 14.6. The molecule has 1 atom stereocenters. The van der Waals surface area contributed by atoms with Crippen molar-refractivity contribution in [3.05, 3.63) is 81.4 Å². The van der Waals surface area contributed by atoms with Crippen LogP contribution >= 0.6 is 19.6 Å². The zero-order valence-corrected chi connectivity index (χ0v) is 17.5. The van der Waals surface area contributed by atoms with E-state index in [4.69, 9.17) is 20.9 Å². The molecular weight excluding hydrogens is 458 g/mol. The number of nitrogens with zero attached hydrogens (tertiary/aromatic N) is 1. The molecule has 0 N–H and O–H groups in total. The monoisotopic (exact) mass is 471 g/mol. The molecule has 1 unspecified atom stereocenters. The maximum atomic E-state index is 12.9. The maximum absolute atomic E-state index is 12.9. The van der Waals surface area contributed by atoms with Gasteiger partial charge in [-0.15, -0.1) is 0 Å². The van der Waals surface area contributed by atoms with Crippen LogP contribution in [0.3, 0.4) is 0 Å². The summed E-state index contributed by atoms with van der Waals surface area (Å²) in [6.45, 7) is 0. The lowest BCUT2D eigenvalue weighted by Gasteiger charge is -2.15. The van der Waals surface area contributed by atoms with Gasteiger partial charge in [-0.3, -0.25) is 14.7 Å². The highest BCUT2D eigenvalue weighted by Gasteiger charge is 2.31. The molecule has 0 aliphatic rings. The summed E-state index contributed by atoms with van der Waals surface area (Å²) in [7, 11) is -1.84. The Morgan fingerprint density at radius 1 is 1.03 bits per heavy atom. The van der Waals surface area contributed by atoms with Gasteiger partial charge in [0, 0.05) is 24.8 Å². The molecule has 0 spiro atoms. The van der Waals surface area contributed by atoms with Crippen molar-refractivity contribution in [1.29, 1.82) is 0 Å². The highest BCUT2D eigenvalue weighted by Crippen LogP contribution is 2.41. The molecular formula is C20H14ClF3NO5P. The second kappa shape index (κ2) is 9.09. The molecule has 0 radical (unpaired) electrons. The smallest absolute Gasteiger partial charge is 0.416 e. The van der Waals surface area contributed by atoms with Gasteiger partial charge < -0.3 is 9.26 Å². The number of benzene rings is 3. The van der Waals surface area contributed by atoms with Crippen LogP contribution in [0.5, 0.6) is 11.5 Å². The van der Waals surface area contributed by atoms with Gasteiger partial charge in [0.2, 0.25) is 8.03 Å². The zero-order valence-electron chi connectivity index (χ0n) is 15.8. The molecule has 6 nitrogen and oxygen atoms in total. The van der Waals surface area contributed by atoms with Gasteiger partial charge in [0.15, 0.2) is 0 Å². The first-order valence-corrected chi connectivity index (χ1v) is 10.3. The lowest BCUT2D eigenvalue weighted by molar-refractivity contribution is -0.383. The molecule has 162 valence electrons. The number of hydrogen-bond acceptors (Lipinski definition) is 5. The lowest BCUT2D eigenvalue weighted by Crippen LogP contribution is -2.08. The quantitative estimate of drug-likeness (QED) is 0.234. The van der Waals surface area contributed by atoms with Gasteiger partial charge in [0.1, 0.15) is 16.8 Å². The van der Waals surface area contributed by atoms with Crippen LogP contribution in [0.2, 0.25) is 5.02 Å². The molecule has 0 amide bonds. The van der Waals surface area contributed by atoms with Crippen molar-refractivity contribution in [2.75, 3.05) is 7.11 Å². The zero-order chi connectivity index (χ0) is 22.8. The highest BCUT2D eigenvalue weighted by atomic mass is 35.5. The molecule has 0 saturated carbocycles. The van der Waals surface area contributed by atoms with E-state index in [1.165, 1.54) is 12.1 Å². The largest absolute Gasteiger partial charge is 0.455 e. The first-order valence-electron chi connectivity index (χ1n) is 8.62. The minimum Gasteiger partial charge on any atom is -0.455 e. The van der Waals surface area contributed by atoms with Crippen LogP contribution in [0.4, 0.5) is 18.9 Å². The second-order valence-electron chi connectivity index (χ2n) is 6.23. The third-order valence-electron chi connectivity index (χ3n) is 4.26. The van der Waals surface area contributed by atoms with E-state index >= 15 is 0 Å². The van der Waals surface area contributed by atoms with E-state index in [9.17, 15) is 27.9 Å². The molecule has 11 heteroatoms. The molecule has 0 aromatic heterocycles. The van der Waals surface area contributed by atoms with Gasteiger partial charge in [-0.25, -0.2) is 0 Å². The molecule has 3 aromatic carbocycles. The minimum atomic E-state index is -4.59. The van der Waals surface area contributed by atoms with E-state index in [2.05, 4.69) is 0 Å². The third kappa shape index (κ3) is 5.07. The number of nitro groups is 1. The molecule has 3 aromatic rings. The van der Waals surface area contributed by atoms with E-state index in [-0.39, 0.29) is 27.4 Å². The summed E-state index contributed by atoms with van der Waals surface area (Å²) in [4.78, 5) is 10.8. The van der Waals surface area contributed by atoms with Crippen LogP contribution in [0.15, 0.2) is 60.7 Å². The number of ether oxygens (including phenoxy) is 1. The van der Waals surface area contributed by atoms with Crippen LogP contribution in [0.1, 0.15) is 5.56 Å². The summed E-state index contributed by atoms with van der Waals surface area (Å²) < 4.78 is 61.5. The van der Waals surface area contributed by atoms with E-state index in [0.29, 0.717) is 11.6 Å². The van der Waals surface area contributed by atoms with Crippen molar-refractivity contribution < 1.29 is 31.9 Å². The molecule has 0 heterocycles. The van der Waals surface area contributed by atoms with Crippen LogP contribution in [-0.2, 0) is 15.3 Å². The molecule has 0 aliphatic carbocycles. The van der Waals surface area contributed by atoms with Crippen LogP contribution in [0.25, 0.3) is 11.1 Å². The fraction of sp³-hybridized carbons (Fsp3) is 0.100. The van der Waals surface area contributed by atoms with Gasteiger partial charge in [0.05, 0.1) is 15.5 Å². The van der Waals surface area contributed by atoms with Crippen molar-refractivity contribution in [2.45, 2.75) is 6.18 Å². The topological polar surface area (TPSA) is 78.7 Å². The summed E-state index contributed by atoms with van der Waals surface area (Å²) in [6.07, 6.45) is -4.59. The van der Waals surface area contributed by atoms with Gasteiger partial charge >= 0.3 is 6.18 Å². The Morgan fingerprint density at radius 2 is 1.71 bits per heavy atom. The fourth-order valence-corrected chi connectivity index (χ4v) is 3.86. The molecule has 3 rings (SSSR count). The number of rotatable bonds is 6. The normalized spacial score (nSPS) is 12.4. The fourth-order valence-electron chi connectivity index (χ4n) is 2.80. The Hall–Kier alpha value is -2.87. The van der Waals surface area contributed by atoms with Crippen molar-refractivity contribution in [1.82, 2.24) is 0 Å². The summed E-state index contributed by atoms with van der Waals surface area (Å²) in [5.41, 5.74) is -0.595. The first kappa shape index (κ1) is 22.8. The third-order valence-corrected chi connectivity index (χ3v) is 5.77. The molecule has 0 saturated heterocycles. The number of alkyl halides is 3. The van der Waals surface area contributed by atoms with Crippen LogP contribution in [0, 0.1) is 10.1 Å². The Labute approximate surface area is 180 Å². The number of hydrogen-bond donors (Lipinski definition) is 0. The molecule has 31 heavy (non-hydrogen) atoms. The van der Waals surface area contributed by atoms with Gasteiger partial charge in [-0.1, -0.05) is 41.9 Å². The predicted octanol–water partition coefficient (Wildman–Crippen LogP) is 6.47. The summed E-state index contributed by atoms with van der Waals surface area (Å²) in [6, 6.07) is 13.4. The Morgan fingerprint density at radius 3 is 2.26 bits per heavy atom. The van der Waals surface area contributed by atoms with Gasteiger partial charge in [0.25, 0.3) is 5.69 Å². The Bertz CT molecular complexity index is 1160. The van der Waals surface area contributed by atoms with E-state index in [1.807, 2.05) is 0 Å². The van der Waals surface area contributed by atoms with Crippen molar-refractivity contribution in [2.24, 2.45) is 0 Å². The number of nitro benzene ring substituents is 1. The van der Waals surface area contributed by atoms with Gasteiger partial charge in [-0.2, -0.15) is 13.2 Å². The summed E-state index contributed by atoms with van der Waals surface area (Å²) in [5, 5.41) is 11.0. The highest BCUT2D eigenvalue weighted by molar-refractivity contribution is 7.48. The lowest BCUT2D eigenvalue weighted by atomic mass is 10.0. The Kier molecular flexibility index (Phi) is 6.69. The standard InChI is InChI=1S/C20H14ClF3NO5P/c1-29-31(28)19-11-18(30-17-8-7-13(9-15(17)21)20(22,23)24)14(10-16(19)25(26)27)12-5-3-2-4-6-12/h2-11,31H,1H3. The maximum Gasteiger partial charge on any atom is 0.416 e. The summed E-state index contributed by atoms with van der Waals surface area (Å²) >= 11 is 5.98. The van der Waals surface area contributed by atoms with Crippen molar-refractivity contribution in [3.63, 3.8) is 0 Å². The molecule has 0 bridgehead atoms. The van der Waals surface area contributed by atoms with Crippen LogP contribution in [-0.4, -0.2) is 12.0 Å². The van der Waals surface area contributed by atoms with E-state index < -0.39 is 30.4 Å². The molecule has 0 aliphatic heterocycles.